The van der Waals surface area contributed by atoms with Crippen LogP contribution in [-0.4, -0.2) is 12.2 Å². The second kappa shape index (κ2) is 5.40. The number of thiophene rings is 1. The number of benzene rings is 1. The van der Waals surface area contributed by atoms with E-state index in [2.05, 4.69) is 15.9 Å². The Hall–Kier alpha value is -0.550. The first-order valence-electron chi connectivity index (χ1n) is 4.88. The van der Waals surface area contributed by atoms with Crippen LogP contribution in [0.15, 0.2) is 34.1 Å². The second-order valence-corrected chi connectivity index (χ2v) is 6.26. The summed E-state index contributed by atoms with van der Waals surface area (Å²) < 4.78 is 5.96. The van der Waals surface area contributed by atoms with Gasteiger partial charge in [0.15, 0.2) is 0 Å². The molecule has 0 spiro atoms. The standard InChI is InChI=1S/C12H10BrClO2S/c1-16-8-4-2-3-7(5-8)11(15)10-6-9(14)12(13)17-10/h2-6,11,15H,1H3. The molecule has 0 aliphatic heterocycles. The van der Waals surface area contributed by atoms with Gasteiger partial charge in [-0.25, -0.2) is 0 Å². The van der Waals surface area contributed by atoms with Crippen LogP contribution >= 0.6 is 38.9 Å². The summed E-state index contributed by atoms with van der Waals surface area (Å²) in [5.41, 5.74) is 0.787. The second-order valence-electron chi connectivity index (χ2n) is 3.45. The summed E-state index contributed by atoms with van der Waals surface area (Å²) in [6.07, 6.45) is -0.682. The molecule has 17 heavy (non-hydrogen) atoms. The average molecular weight is 334 g/mol. The van der Waals surface area contributed by atoms with Crippen molar-refractivity contribution in [2.75, 3.05) is 7.11 Å². The molecule has 2 aromatic rings. The van der Waals surface area contributed by atoms with Gasteiger partial charge in [0.05, 0.1) is 15.9 Å². The highest BCUT2D eigenvalue weighted by molar-refractivity contribution is 9.11. The maximum absolute atomic E-state index is 10.2. The highest BCUT2D eigenvalue weighted by atomic mass is 79.9. The van der Waals surface area contributed by atoms with Gasteiger partial charge in [-0.15, -0.1) is 11.3 Å². The van der Waals surface area contributed by atoms with Crippen molar-refractivity contribution >= 4 is 38.9 Å². The van der Waals surface area contributed by atoms with Crippen LogP contribution < -0.4 is 4.74 Å². The molecule has 0 saturated carbocycles. The predicted molar refractivity (Wildman–Crippen MR) is 74.1 cm³/mol. The van der Waals surface area contributed by atoms with Crippen LogP contribution in [0.4, 0.5) is 0 Å². The highest BCUT2D eigenvalue weighted by Crippen LogP contribution is 2.37. The van der Waals surface area contributed by atoms with Gasteiger partial charge in [-0.05, 0) is 39.7 Å². The molecule has 90 valence electrons. The van der Waals surface area contributed by atoms with Gasteiger partial charge in [-0.1, -0.05) is 23.7 Å². The van der Waals surface area contributed by atoms with E-state index in [0.717, 1.165) is 20.0 Å². The van der Waals surface area contributed by atoms with Crippen LogP contribution in [0.3, 0.4) is 0 Å². The number of aliphatic hydroxyl groups excluding tert-OH is 1. The third kappa shape index (κ3) is 2.83. The molecule has 1 aromatic carbocycles. The Labute approximate surface area is 117 Å². The third-order valence-corrected chi connectivity index (χ3v) is 4.87. The van der Waals surface area contributed by atoms with Crippen molar-refractivity contribution in [3.05, 3.63) is 49.6 Å². The zero-order chi connectivity index (χ0) is 12.4. The number of aliphatic hydroxyl groups is 1. The lowest BCUT2D eigenvalue weighted by atomic mass is 10.1. The molecule has 1 unspecified atom stereocenters. The van der Waals surface area contributed by atoms with Gasteiger partial charge < -0.3 is 9.84 Å². The lowest BCUT2D eigenvalue weighted by Crippen LogP contribution is -1.97. The third-order valence-electron chi connectivity index (χ3n) is 2.34. The molecule has 0 aliphatic carbocycles. The van der Waals surface area contributed by atoms with Crippen LogP contribution in [0, 0.1) is 0 Å². The summed E-state index contributed by atoms with van der Waals surface area (Å²) in [7, 11) is 1.60. The van der Waals surface area contributed by atoms with Gasteiger partial charge in [0, 0.05) is 4.88 Å². The molecule has 5 heteroatoms. The van der Waals surface area contributed by atoms with Crippen molar-refractivity contribution in [1.82, 2.24) is 0 Å². The van der Waals surface area contributed by atoms with Gasteiger partial charge in [0.2, 0.25) is 0 Å². The van der Waals surface area contributed by atoms with E-state index in [4.69, 9.17) is 16.3 Å². The number of ether oxygens (including phenoxy) is 1. The Morgan fingerprint density at radius 1 is 1.41 bits per heavy atom. The largest absolute Gasteiger partial charge is 0.497 e. The van der Waals surface area contributed by atoms with E-state index in [-0.39, 0.29) is 0 Å². The van der Waals surface area contributed by atoms with Gasteiger partial charge in [-0.2, -0.15) is 0 Å². The van der Waals surface area contributed by atoms with E-state index in [1.807, 2.05) is 24.3 Å². The molecule has 1 N–H and O–H groups in total. The maximum Gasteiger partial charge on any atom is 0.119 e. The molecule has 0 bridgehead atoms. The van der Waals surface area contributed by atoms with Crippen molar-refractivity contribution in [3.8, 4) is 5.75 Å². The van der Waals surface area contributed by atoms with Gasteiger partial charge in [0.1, 0.15) is 11.9 Å². The summed E-state index contributed by atoms with van der Waals surface area (Å²) in [5, 5.41) is 10.8. The lowest BCUT2D eigenvalue weighted by molar-refractivity contribution is 0.223. The van der Waals surface area contributed by atoms with Gasteiger partial charge >= 0.3 is 0 Å². The minimum Gasteiger partial charge on any atom is -0.497 e. The fraction of sp³-hybridized carbons (Fsp3) is 0.167. The molecule has 1 atom stereocenters. The fourth-order valence-corrected chi connectivity index (χ4v) is 3.23. The average Bonchev–Trinajstić information content (AvgIpc) is 2.69. The highest BCUT2D eigenvalue weighted by Gasteiger charge is 2.15. The predicted octanol–water partition coefficient (Wildman–Crippen LogP) is 4.25. The van der Waals surface area contributed by atoms with Crippen molar-refractivity contribution in [2.24, 2.45) is 0 Å². The normalized spacial score (nSPS) is 12.5. The van der Waals surface area contributed by atoms with Crippen LogP contribution in [0.5, 0.6) is 5.75 Å². The van der Waals surface area contributed by atoms with E-state index < -0.39 is 6.10 Å². The van der Waals surface area contributed by atoms with E-state index >= 15 is 0 Å². The Morgan fingerprint density at radius 3 is 2.76 bits per heavy atom. The summed E-state index contributed by atoms with van der Waals surface area (Å²) in [6.45, 7) is 0. The molecular formula is C12H10BrClO2S. The first kappa shape index (κ1) is 12.9. The molecule has 0 aliphatic rings. The minimum absolute atomic E-state index is 0.618. The zero-order valence-corrected chi connectivity index (χ0v) is 12.1. The molecule has 2 rings (SSSR count). The molecule has 1 aromatic heterocycles. The van der Waals surface area contributed by atoms with Crippen molar-refractivity contribution in [3.63, 3.8) is 0 Å². The molecule has 2 nitrogen and oxygen atoms in total. The Morgan fingerprint density at radius 2 is 2.18 bits per heavy atom. The number of rotatable bonds is 3. The maximum atomic E-state index is 10.2. The molecule has 1 heterocycles. The Balaban J connectivity index is 2.32. The number of methoxy groups -OCH3 is 1. The number of hydrogen-bond donors (Lipinski definition) is 1. The summed E-state index contributed by atoms with van der Waals surface area (Å²) >= 11 is 10.7. The van der Waals surface area contributed by atoms with Gasteiger partial charge in [0.25, 0.3) is 0 Å². The molecule has 0 amide bonds. The van der Waals surface area contributed by atoms with E-state index in [1.54, 1.807) is 13.2 Å². The molecule has 0 radical (unpaired) electrons. The lowest BCUT2D eigenvalue weighted by Gasteiger charge is -2.10. The smallest absolute Gasteiger partial charge is 0.119 e. The van der Waals surface area contributed by atoms with Crippen LogP contribution in [0.25, 0.3) is 0 Å². The Kier molecular flexibility index (Phi) is 4.09. The van der Waals surface area contributed by atoms with E-state index in [9.17, 15) is 5.11 Å². The monoisotopic (exact) mass is 332 g/mol. The topological polar surface area (TPSA) is 29.5 Å². The van der Waals surface area contributed by atoms with Gasteiger partial charge in [-0.3, -0.25) is 0 Å². The van der Waals surface area contributed by atoms with Crippen LogP contribution in [0.1, 0.15) is 16.5 Å². The molecular weight excluding hydrogens is 324 g/mol. The van der Waals surface area contributed by atoms with Crippen LogP contribution in [-0.2, 0) is 0 Å². The zero-order valence-electron chi connectivity index (χ0n) is 8.98. The summed E-state index contributed by atoms with van der Waals surface area (Å²) in [5.74, 6) is 0.725. The van der Waals surface area contributed by atoms with Crippen molar-refractivity contribution in [1.29, 1.82) is 0 Å². The number of hydrogen-bond acceptors (Lipinski definition) is 3. The van der Waals surface area contributed by atoms with Crippen LogP contribution in [0.2, 0.25) is 5.02 Å². The Bertz CT molecular complexity index is 507. The molecule has 0 fully saturated rings. The SMILES string of the molecule is COc1cccc(C(O)c2cc(Cl)c(Br)s2)c1. The van der Waals surface area contributed by atoms with Crippen molar-refractivity contribution in [2.45, 2.75) is 6.10 Å². The summed E-state index contributed by atoms with van der Waals surface area (Å²) in [6, 6.07) is 9.12. The number of halogens is 2. The molecule has 0 saturated heterocycles. The minimum atomic E-state index is -0.682. The van der Waals surface area contributed by atoms with E-state index in [0.29, 0.717) is 5.02 Å². The fourth-order valence-electron chi connectivity index (χ4n) is 1.47. The first-order valence-corrected chi connectivity index (χ1v) is 6.87. The summed E-state index contributed by atoms with van der Waals surface area (Å²) in [4.78, 5) is 0.801. The first-order chi connectivity index (χ1) is 8.11. The quantitative estimate of drug-likeness (QED) is 0.909. The van der Waals surface area contributed by atoms with Crippen molar-refractivity contribution < 1.29 is 9.84 Å². The van der Waals surface area contributed by atoms with E-state index in [1.165, 1.54) is 11.3 Å².